The number of aromatic nitrogens is 2. The van der Waals surface area contributed by atoms with Crippen LogP contribution in [0.2, 0.25) is 5.02 Å². The van der Waals surface area contributed by atoms with Gasteiger partial charge in [-0.2, -0.15) is 4.98 Å². The second-order valence-electron chi connectivity index (χ2n) is 20.1. The summed E-state index contributed by atoms with van der Waals surface area (Å²) >= 11 is 6.27. The Balaban J connectivity index is 0.897. The van der Waals surface area contributed by atoms with E-state index in [1.54, 1.807) is 17.2 Å². The number of nitrogens with zero attached hydrogens (tertiary/aromatic N) is 6. The molecule has 15 nitrogen and oxygen atoms in total. The van der Waals surface area contributed by atoms with Gasteiger partial charge in [0.1, 0.15) is 17.0 Å². The molecule has 2 atom stereocenters. The zero-order chi connectivity index (χ0) is 49.0. The monoisotopic (exact) mass is 997 g/mol. The van der Waals surface area contributed by atoms with Crippen molar-refractivity contribution in [2.75, 3.05) is 74.1 Å². The molecule has 0 spiro atoms. The maximum atomic E-state index is 14.6. The molecule has 3 fully saturated rings. The van der Waals surface area contributed by atoms with Crippen molar-refractivity contribution in [2.24, 2.45) is 5.41 Å². The molecule has 70 heavy (non-hydrogen) atoms. The first kappa shape index (κ1) is 47.8. The first-order valence-corrected chi connectivity index (χ1v) is 26.1. The van der Waals surface area contributed by atoms with Gasteiger partial charge in [-0.1, -0.05) is 49.6 Å². The maximum Gasteiger partial charge on any atom is 0.293 e. The van der Waals surface area contributed by atoms with Crippen molar-refractivity contribution in [3.8, 4) is 5.88 Å². The highest BCUT2D eigenvalue weighted by atomic mass is 35.5. The van der Waals surface area contributed by atoms with E-state index in [1.165, 1.54) is 28.8 Å². The average Bonchev–Trinajstić information content (AvgIpc) is 3.75. The maximum absolute atomic E-state index is 14.6. The van der Waals surface area contributed by atoms with E-state index in [-0.39, 0.29) is 42.2 Å². The van der Waals surface area contributed by atoms with Crippen molar-refractivity contribution in [3.05, 3.63) is 111 Å². The molecule has 3 saturated heterocycles. The largest absolute Gasteiger partial charge is 0.476 e. The van der Waals surface area contributed by atoms with Gasteiger partial charge in [0.05, 0.1) is 33.7 Å². The highest BCUT2D eigenvalue weighted by Gasteiger charge is 2.55. The van der Waals surface area contributed by atoms with Crippen LogP contribution in [-0.2, 0) is 10.0 Å². The van der Waals surface area contributed by atoms with E-state index in [0.717, 1.165) is 80.6 Å². The second kappa shape index (κ2) is 19.1. The molecule has 5 aliphatic rings. The van der Waals surface area contributed by atoms with E-state index in [0.29, 0.717) is 55.3 Å². The zero-order valence-electron chi connectivity index (χ0n) is 39.4. The van der Waals surface area contributed by atoms with Crippen LogP contribution in [0.4, 0.5) is 37.2 Å². The summed E-state index contributed by atoms with van der Waals surface area (Å²) in [6.45, 7) is 9.78. The van der Waals surface area contributed by atoms with E-state index >= 15 is 0 Å². The van der Waals surface area contributed by atoms with Gasteiger partial charge in [0.25, 0.3) is 27.5 Å². The molecule has 370 valence electrons. The van der Waals surface area contributed by atoms with E-state index < -0.39 is 43.4 Å². The predicted octanol–water partition coefficient (Wildman–Crippen LogP) is 9.62. The van der Waals surface area contributed by atoms with E-state index in [4.69, 9.17) is 21.3 Å². The summed E-state index contributed by atoms with van der Waals surface area (Å²) in [4.78, 5) is 42.0. The molecule has 6 heterocycles. The lowest BCUT2D eigenvalue weighted by molar-refractivity contribution is -0.384. The lowest BCUT2D eigenvalue weighted by Crippen LogP contribution is -2.47. The summed E-state index contributed by atoms with van der Waals surface area (Å²) in [5.74, 6) is -3.33. The van der Waals surface area contributed by atoms with Crippen LogP contribution in [0.3, 0.4) is 0 Å². The van der Waals surface area contributed by atoms with Gasteiger partial charge < -0.3 is 24.8 Å². The molecule has 1 amide bonds. The Bertz CT molecular complexity index is 2960. The fraction of sp³-hybridized carbons (Fsp3) is 0.451. The number of benzene rings is 3. The number of hydrogen-bond donors (Lipinski definition) is 3. The molecule has 0 saturated carbocycles. The number of sulfonamides is 1. The topological polar surface area (TPSA) is 169 Å². The summed E-state index contributed by atoms with van der Waals surface area (Å²) < 4.78 is 65.7. The molecular weight excluding hydrogens is 940 g/mol. The smallest absolute Gasteiger partial charge is 0.293 e. The number of nitro groups is 1. The van der Waals surface area contributed by atoms with E-state index in [9.17, 15) is 32.1 Å². The Morgan fingerprint density at radius 3 is 2.56 bits per heavy atom. The van der Waals surface area contributed by atoms with Crippen molar-refractivity contribution in [1.29, 1.82) is 0 Å². The van der Waals surface area contributed by atoms with Gasteiger partial charge in [-0.25, -0.2) is 21.9 Å². The molecule has 3 N–H and O–H groups in total. The normalized spacial score (nSPS) is 21.6. The molecule has 2 aromatic heterocycles. The van der Waals surface area contributed by atoms with Gasteiger partial charge in [0.15, 0.2) is 0 Å². The minimum absolute atomic E-state index is 0.0371. The number of carbonyl (C=O) groups excluding carboxylic acids is 1. The third-order valence-electron chi connectivity index (χ3n) is 14.9. The predicted molar refractivity (Wildman–Crippen MR) is 268 cm³/mol. The summed E-state index contributed by atoms with van der Waals surface area (Å²) in [6, 6.07) is 19.6. The van der Waals surface area contributed by atoms with Crippen molar-refractivity contribution < 1.29 is 31.7 Å². The van der Waals surface area contributed by atoms with Crippen LogP contribution in [-0.4, -0.2) is 116 Å². The Morgan fingerprint density at radius 1 is 0.986 bits per heavy atom. The molecule has 19 heteroatoms. The molecule has 3 aromatic carbocycles. The number of amides is 1. The van der Waals surface area contributed by atoms with Crippen LogP contribution in [0.5, 0.6) is 5.88 Å². The van der Waals surface area contributed by atoms with Crippen LogP contribution in [0.1, 0.15) is 81.1 Å². The van der Waals surface area contributed by atoms with Gasteiger partial charge in [-0.15, -0.1) is 0 Å². The SMILES string of the molecule is CC1(C)CCC(CN2CCN(c3ccc(C(=O)NS(=O)(=O)c4ccc(NCCN5C6CCCC5C(F)(F)C6)c([N+](=O)[O-])c4)c(N4CCCOc5nc6[nH]ccc6cc54)c3)CC2)=C(c2ccc(Cl)cc2)C1. The van der Waals surface area contributed by atoms with Crippen LogP contribution in [0.15, 0.2) is 89.5 Å². The Kier molecular flexibility index (Phi) is 13.0. The molecule has 10 rings (SSSR count). The lowest BCUT2D eigenvalue weighted by atomic mass is 9.72. The number of pyridine rings is 1. The first-order chi connectivity index (χ1) is 33.5. The number of piperidine rings is 1. The van der Waals surface area contributed by atoms with Gasteiger partial charge in [0, 0.05) is 93.2 Å². The van der Waals surface area contributed by atoms with E-state index in [2.05, 4.69) is 50.8 Å². The second-order valence-corrected chi connectivity index (χ2v) is 22.2. The highest BCUT2D eigenvalue weighted by molar-refractivity contribution is 7.90. The molecule has 1 aliphatic carbocycles. The number of carbonyl (C=O) groups is 1. The number of piperazine rings is 1. The minimum atomic E-state index is -4.66. The van der Waals surface area contributed by atoms with Gasteiger partial charge >= 0.3 is 0 Å². The van der Waals surface area contributed by atoms with Crippen molar-refractivity contribution in [2.45, 2.75) is 88.1 Å². The number of fused-ring (bicyclic) bond motifs is 4. The number of anilines is 4. The number of H-pyrrole nitrogens is 1. The zero-order valence-corrected chi connectivity index (χ0v) is 40.9. The number of alkyl halides is 2. The Labute approximate surface area is 411 Å². The summed E-state index contributed by atoms with van der Waals surface area (Å²) in [6.07, 6.45) is 7.12. The fourth-order valence-corrected chi connectivity index (χ4v) is 12.3. The number of halogens is 3. The number of aromatic amines is 1. The number of nitrogens with one attached hydrogen (secondary N) is 3. The fourth-order valence-electron chi connectivity index (χ4n) is 11.2. The van der Waals surface area contributed by atoms with E-state index in [1.807, 2.05) is 41.3 Å². The van der Waals surface area contributed by atoms with Gasteiger partial charge in [0.2, 0.25) is 5.88 Å². The van der Waals surface area contributed by atoms with Crippen molar-refractivity contribution >= 4 is 72.6 Å². The molecule has 0 radical (unpaired) electrons. The van der Waals surface area contributed by atoms with Crippen LogP contribution < -0.4 is 24.6 Å². The molecular formula is C51H58ClF2N9O6S. The summed E-state index contributed by atoms with van der Waals surface area (Å²) in [7, 11) is -4.66. The Hall–Kier alpha value is -5.82. The number of ether oxygens (including phenoxy) is 1. The van der Waals surface area contributed by atoms with Crippen LogP contribution >= 0.6 is 11.6 Å². The minimum Gasteiger partial charge on any atom is -0.476 e. The third-order valence-corrected chi connectivity index (χ3v) is 16.4. The van der Waals surface area contributed by atoms with Crippen LogP contribution in [0, 0.1) is 15.5 Å². The number of nitro benzene ring substituents is 1. The highest BCUT2D eigenvalue weighted by Crippen LogP contribution is 2.46. The summed E-state index contributed by atoms with van der Waals surface area (Å²) in [5, 5.41) is 16.8. The molecule has 5 aromatic rings. The van der Waals surface area contributed by atoms with Crippen molar-refractivity contribution in [1.82, 2.24) is 24.5 Å². The molecule has 2 bridgehead atoms. The number of rotatable bonds is 13. The summed E-state index contributed by atoms with van der Waals surface area (Å²) in [5.41, 5.74) is 6.43. The number of hydrogen-bond acceptors (Lipinski definition) is 12. The third kappa shape index (κ3) is 9.79. The lowest BCUT2D eigenvalue weighted by Gasteiger charge is -2.39. The quantitative estimate of drug-likeness (QED) is 0.0756. The van der Waals surface area contributed by atoms with Gasteiger partial charge in [-0.05, 0) is 110 Å². The van der Waals surface area contributed by atoms with Crippen LogP contribution in [0.25, 0.3) is 16.6 Å². The Morgan fingerprint density at radius 2 is 1.79 bits per heavy atom. The first-order valence-electron chi connectivity index (χ1n) is 24.2. The number of allylic oxidation sites excluding steroid dienone is 1. The van der Waals surface area contributed by atoms with Gasteiger partial charge in [-0.3, -0.25) is 24.7 Å². The van der Waals surface area contributed by atoms with Crippen molar-refractivity contribution in [3.63, 3.8) is 0 Å². The average molecular weight is 999 g/mol. The standard InChI is InChI=1S/C51H58ClF2N9O6S/c1-50(2)17-15-35(41(31-50)33-7-9-36(52)10-8-33)32-59-22-24-60(25-23-59)37-11-13-40(43(28-37)62-20-4-26-69-49-45(62)27-34-16-18-56-47(34)57-49)48(64)58-70(67,68)39-12-14-42(44(29-39)63(65)66)55-19-21-61-38-5-3-6-46(61)51(53,54)30-38/h7-14,16,18,27-29,38,46,55H,3-6,15,17,19-26,30-32H2,1-2H3,(H,56,57)(H,58,64). The molecule has 4 aliphatic heterocycles. The molecule has 2 unspecified atom stereocenters.